The van der Waals surface area contributed by atoms with Gasteiger partial charge in [-0.3, -0.25) is 4.40 Å². The second-order valence-corrected chi connectivity index (χ2v) is 5.09. The predicted octanol–water partition coefficient (Wildman–Crippen LogP) is 3.80. The van der Waals surface area contributed by atoms with Gasteiger partial charge in [0.15, 0.2) is 4.96 Å². The first-order valence-corrected chi connectivity index (χ1v) is 6.58. The van der Waals surface area contributed by atoms with Crippen molar-refractivity contribution in [1.82, 2.24) is 9.38 Å². The van der Waals surface area contributed by atoms with E-state index in [1.54, 1.807) is 17.4 Å². The van der Waals surface area contributed by atoms with Gasteiger partial charge in [0.2, 0.25) is 0 Å². The SMILES string of the molecule is Fc1cc(NCc2cn3ccsc3n2)ccc1Cl. The Labute approximate surface area is 112 Å². The number of imidazole rings is 1. The smallest absolute Gasteiger partial charge is 0.193 e. The van der Waals surface area contributed by atoms with Crippen LogP contribution in [0.25, 0.3) is 4.96 Å². The van der Waals surface area contributed by atoms with E-state index in [0.29, 0.717) is 12.2 Å². The number of rotatable bonds is 3. The molecule has 0 radical (unpaired) electrons. The van der Waals surface area contributed by atoms with Crippen molar-refractivity contribution in [3.63, 3.8) is 0 Å². The number of nitrogens with one attached hydrogen (secondary N) is 1. The van der Waals surface area contributed by atoms with E-state index in [4.69, 9.17) is 11.6 Å². The Hall–Kier alpha value is -1.59. The van der Waals surface area contributed by atoms with Gasteiger partial charge in [0.05, 0.1) is 17.3 Å². The average Bonchev–Trinajstić information content (AvgIpc) is 2.91. The van der Waals surface area contributed by atoms with Crippen LogP contribution in [0.5, 0.6) is 0 Å². The Morgan fingerprint density at radius 3 is 3.11 bits per heavy atom. The van der Waals surface area contributed by atoms with E-state index in [2.05, 4.69) is 10.3 Å². The molecule has 2 heterocycles. The number of hydrogen-bond acceptors (Lipinski definition) is 3. The molecule has 0 fully saturated rings. The number of hydrogen-bond donors (Lipinski definition) is 1. The summed E-state index contributed by atoms with van der Waals surface area (Å²) in [5.74, 6) is -0.424. The van der Waals surface area contributed by atoms with Gasteiger partial charge in [0, 0.05) is 23.5 Å². The molecule has 6 heteroatoms. The topological polar surface area (TPSA) is 29.3 Å². The Morgan fingerprint density at radius 2 is 2.33 bits per heavy atom. The highest BCUT2D eigenvalue weighted by atomic mass is 35.5. The fourth-order valence-corrected chi connectivity index (χ4v) is 2.50. The number of aromatic nitrogens is 2. The molecule has 0 unspecified atom stereocenters. The molecule has 0 saturated heterocycles. The van der Waals surface area contributed by atoms with Crippen LogP contribution in [0.3, 0.4) is 0 Å². The van der Waals surface area contributed by atoms with Crippen molar-refractivity contribution in [3.8, 4) is 0 Å². The summed E-state index contributed by atoms with van der Waals surface area (Å²) in [6.45, 7) is 0.551. The van der Waals surface area contributed by atoms with Gasteiger partial charge in [-0.05, 0) is 18.2 Å². The van der Waals surface area contributed by atoms with Crippen LogP contribution in [-0.2, 0) is 6.54 Å². The first-order valence-electron chi connectivity index (χ1n) is 5.32. The summed E-state index contributed by atoms with van der Waals surface area (Å²) in [5, 5.41) is 5.22. The van der Waals surface area contributed by atoms with E-state index in [0.717, 1.165) is 10.7 Å². The third-order valence-electron chi connectivity index (χ3n) is 2.54. The lowest BCUT2D eigenvalue weighted by Crippen LogP contribution is -1.99. The minimum absolute atomic E-state index is 0.128. The lowest BCUT2D eigenvalue weighted by atomic mass is 10.3. The lowest BCUT2D eigenvalue weighted by Gasteiger charge is -2.04. The second-order valence-electron chi connectivity index (χ2n) is 3.81. The van der Waals surface area contributed by atoms with Gasteiger partial charge in [0.1, 0.15) is 5.82 Å². The zero-order valence-electron chi connectivity index (χ0n) is 9.23. The van der Waals surface area contributed by atoms with E-state index in [1.165, 1.54) is 12.1 Å². The van der Waals surface area contributed by atoms with Gasteiger partial charge in [-0.15, -0.1) is 11.3 Å². The van der Waals surface area contributed by atoms with Crippen molar-refractivity contribution in [2.45, 2.75) is 6.54 Å². The molecule has 3 aromatic rings. The zero-order valence-corrected chi connectivity index (χ0v) is 10.8. The monoisotopic (exact) mass is 281 g/mol. The summed E-state index contributed by atoms with van der Waals surface area (Å²) >= 11 is 7.20. The first-order chi connectivity index (χ1) is 8.72. The first kappa shape index (κ1) is 11.5. The Balaban J connectivity index is 1.73. The Bertz CT molecular complexity index is 663. The highest BCUT2D eigenvalue weighted by Gasteiger charge is 2.04. The van der Waals surface area contributed by atoms with Gasteiger partial charge < -0.3 is 5.32 Å². The van der Waals surface area contributed by atoms with Crippen molar-refractivity contribution < 1.29 is 4.39 Å². The number of thiazole rings is 1. The van der Waals surface area contributed by atoms with Crippen LogP contribution in [0.2, 0.25) is 5.02 Å². The summed E-state index contributed by atoms with van der Waals surface area (Å²) < 4.78 is 15.2. The minimum atomic E-state index is -0.424. The average molecular weight is 282 g/mol. The molecule has 2 aromatic heterocycles. The molecule has 0 aliphatic heterocycles. The minimum Gasteiger partial charge on any atom is -0.379 e. The Kier molecular flexibility index (Phi) is 2.93. The fraction of sp³-hybridized carbons (Fsp3) is 0.0833. The van der Waals surface area contributed by atoms with Crippen molar-refractivity contribution in [2.24, 2.45) is 0 Å². The summed E-state index contributed by atoms with van der Waals surface area (Å²) in [6, 6.07) is 4.65. The van der Waals surface area contributed by atoms with E-state index >= 15 is 0 Å². The van der Waals surface area contributed by atoms with Crippen molar-refractivity contribution in [1.29, 1.82) is 0 Å². The van der Waals surface area contributed by atoms with Crippen LogP contribution < -0.4 is 5.32 Å². The summed E-state index contributed by atoms with van der Waals surface area (Å²) in [6.07, 6.45) is 3.91. The molecule has 3 nitrogen and oxygen atoms in total. The number of fused-ring (bicyclic) bond motifs is 1. The third-order valence-corrected chi connectivity index (χ3v) is 3.61. The largest absolute Gasteiger partial charge is 0.379 e. The van der Waals surface area contributed by atoms with Gasteiger partial charge in [-0.1, -0.05) is 11.6 Å². The molecule has 1 N–H and O–H groups in total. The lowest BCUT2D eigenvalue weighted by molar-refractivity contribution is 0.628. The molecule has 0 aliphatic carbocycles. The number of benzene rings is 1. The summed E-state index contributed by atoms with van der Waals surface area (Å²) in [7, 11) is 0. The van der Waals surface area contributed by atoms with Gasteiger partial charge in [-0.25, -0.2) is 9.37 Å². The molecule has 92 valence electrons. The molecule has 0 bridgehead atoms. The normalized spacial score (nSPS) is 11.0. The van der Waals surface area contributed by atoms with Crippen LogP contribution in [0.15, 0.2) is 36.0 Å². The molecular weight excluding hydrogens is 273 g/mol. The molecular formula is C12H9ClFN3S. The van der Waals surface area contributed by atoms with Crippen LogP contribution in [0.1, 0.15) is 5.69 Å². The van der Waals surface area contributed by atoms with Gasteiger partial charge in [-0.2, -0.15) is 0 Å². The summed E-state index contributed by atoms with van der Waals surface area (Å²) in [5.41, 5.74) is 1.60. The van der Waals surface area contributed by atoms with E-state index in [9.17, 15) is 4.39 Å². The molecule has 0 atom stereocenters. The quantitative estimate of drug-likeness (QED) is 0.791. The van der Waals surface area contributed by atoms with Crippen molar-refractivity contribution in [3.05, 3.63) is 52.5 Å². The van der Waals surface area contributed by atoms with Crippen LogP contribution in [-0.4, -0.2) is 9.38 Å². The molecule has 0 spiro atoms. The fourth-order valence-electron chi connectivity index (χ4n) is 1.66. The second kappa shape index (κ2) is 4.59. The van der Waals surface area contributed by atoms with E-state index in [-0.39, 0.29) is 5.02 Å². The maximum atomic E-state index is 13.2. The molecule has 0 saturated carbocycles. The van der Waals surface area contributed by atoms with Crippen LogP contribution in [0, 0.1) is 5.82 Å². The van der Waals surface area contributed by atoms with Gasteiger partial charge in [0.25, 0.3) is 0 Å². The molecule has 0 amide bonds. The molecule has 0 aliphatic rings. The predicted molar refractivity (Wildman–Crippen MR) is 71.8 cm³/mol. The van der Waals surface area contributed by atoms with Crippen molar-refractivity contribution in [2.75, 3.05) is 5.32 Å². The zero-order chi connectivity index (χ0) is 12.5. The number of nitrogens with zero attached hydrogens (tertiary/aromatic N) is 2. The number of halogens is 2. The standard InChI is InChI=1S/C12H9ClFN3S/c13-10-2-1-8(5-11(10)14)15-6-9-7-17-3-4-18-12(17)16-9/h1-5,7,15H,6H2. The van der Waals surface area contributed by atoms with E-state index < -0.39 is 5.82 Å². The molecule has 1 aromatic carbocycles. The van der Waals surface area contributed by atoms with Crippen LogP contribution >= 0.6 is 22.9 Å². The Morgan fingerprint density at radius 1 is 1.44 bits per heavy atom. The van der Waals surface area contributed by atoms with Crippen molar-refractivity contribution >= 4 is 33.6 Å². The number of anilines is 1. The van der Waals surface area contributed by atoms with Crippen LogP contribution in [0.4, 0.5) is 10.1 Å². The maximum absolute atomic E-state index is 13.2. The molecule has 18 heavy (non-hydrogen) atoms. The van der Waals surface area contributed by atoms with E-state index in [1.807, 2.05) is 22.2 Å². The summed E-state index contributed by atoms with van der Waals surface area (Å²) in [4.78, 5) is 5.38. The highest BCUT2D eigenvalue weighted by Crippen LogP contribution is 2.19. The van der Waals surface area contributed by atoms with Gasteiger partial charge >= 0.3 is 0 Å². The third kappa shape index (κ3) is 2.19. The highest BCUT2D eigenvalue weighted by molar-refractivity contribution is 7.15. The molecule has 3 rings (SSSR count). The maximum Gasteiger partial charge on any atom is 0.193 e.